The van der Waals surface area contributed by atoms with E-state index in [4.69, 9.17) is 0 Å². The number of rotatable bonds is 3. The van der Waals surface area contributed by atoms with Crippen LogP contribution in [0.2, 0.25) is 0 Å². The smallest absolute Gasteiger partial charge is 0.0308 e. The van der Waals surface area contributed by atoms with Crippen LogP contribution in [-0.4, -0.2) is 0 Å². The fourth-order valence-electron chi connectivity index (χ4n) is 0.667. The van der Waals surface area contributed by atoms with Crippen molar-refractivity contribution in [3.63, 3.8) is 0 Å². The predicted octanol–water partition coefficient (Wildman–Crippen LogP) is 6.65. The molecule has 0 aliphatic heterocycles. The van der Waals surface area contributed by atoms with Gasteiger partial charge in [-0.15, -0.1) is 0 Å². The van der Waals surface area contributed by atoms with Gasteiger partial charge in [-0.2, -0.15) is 0 Å². The van der Waals surface area contributed by atoms with Crippen LogP contribution < -0.4 is 0 Å². The quantitative estimate of drug-likeness (QED) is 0.521. The Balaban J connectivity index is -0.000000213. The molecule has 0 aromatic heterocycles. The molecular weight excluding hydrogens is 204 g/mol. The molecule has 0 rings (SSSR count). The van der Waals surface area contributed by atoms with Crippen LogP contribution in [0.5, 0.6) is 0 Å². The van der Waals surface area contributed by atoms with E-state index in [1.54, 1.807) is 0 Å². The van der Waals surface area contributed by atoms with E-state index >= 15 is 0 Å². The monoisotopic (exact) mass is 244 g/mol. The maximum Gasteiger partial charge on any atom is -0.0308 e. The van der Waals surface area contributed by atoms with Crippen LogP contribution in [0.25, 0.3) is 0 Å². The van der Waals surface area contributed by atoms with Crippen molar-refractivity contribution in [2.75, 3.05) is 0 Å². The first-order chi connectivity index (χ1) is 7.53. The second-order valence-electron chi connectivity index (χ2n) is 6.62. The normalized spacial score (nSPS) is 11.3. The summed E-state index contributed by atoms with van der Waals surface area (Å²) in [5, 5.41) is 0. The lowest BCUT2D eigenvalue weighted by molar-refractivity contribution is 0.165. The van der Waals surface area contributed by atoms with Gasteiger partial charge in [-0.25, -0.2) is 0 Å². The van der Waals surface area contributed by atoms with Crippen LogP contribution in [0.1, 0.15) is 83.1 Å². The van der Waals surface area contributed by atoms with Crippen molar-refractivity contribution in [1.29, 1.82) is 0 Å². The molecule has 0 fully saturated rings. The van der Waals surface area contributed by atoms with E-state index in [0.29, 0.717) is 5.41 Å². The van der Waals surface area contributed by atoms with E-state index in [0.717, 1.165) is 23.7 Å². The summed E-state index contributed by atoms with van der Waals surface area (Å²) in [6, 6.07) is 0. The fraction of sp³-hybridized carbons (Fsp3) is 1.00. The molecule has 0 atom stereocenters. The van der Waals surface area contributed by atoms with Gasteiger partial charge in [-0.1, -0.05) is 83.1 Å². The van der Waals surface area contributed by atoms with Gasteiger partial charge in [-0.3, -0.25) is 0 Å². The van der Waals surface area contributed by atoms with Crippen molar-refractivity contribution in [2.45, 2.75) is 83.1 Å². The highest BCUT2D eigenvalue weighted by Gasteiger charge is 2.25. The highest BCUT2D eigenvalue weighted by atomic mass is 14.3. The molecule has 0 saturated heterocycles. The Bertz CT molecular complexity index is 122. The molecule has 0 radical (unpaired) electrons. The summed E-state index contributed by atoms with van der Waals surface area (Å²) >= 11 is 0. The summed E-state index contributed by atoms with van der Waals surface area (Å²) in [6.07, 6.45) is 0. The zero-order valence-electron chi connectivity index (χ0n) is 14.8. The van der Waals surface area contributed by atoms with E-state index in [2.05, 4.69) is 69.2 Å². The molecule has 0 aromatic rings. The molecule has 0 heteroatoms. The van der Waals surface area contributed by atoms with Crippen LogP contribution in [0.4, 0.5) is 0 Å². The third kappa shape index (κ3) is 12.2. The molecule has 0 bridgehead atoms. The van der Waals surface area contributed by atoms with Crippen LogP contribution >= 0.6 is 0 Å². The van der Waals surface area contributed by atoms with Crippen molar-refractivity contribution in [3.8, 4) is 0 Å². The minimum absolute atomic E-state index is 0.500. The van der Waals surface area contributed by atoms with E-state index in [-0.39, 0.29) is 0 Å². The molecule has 0 N–H and O–H groups in total. The van der Waals surface area contributed by atoms with Crippen molar-refractivity contribution >= 4 is 0 Å². The van der Waals surface area contributed by atoms with Crippen LogP contribution in [0.3, 0.4) is 0 Å². The Morgan fingerprint density at radius 3 is 0.706 bits per heavy atom. The lowest BCUT2D eigenvalue weighted by Crippen LogP contribution is -2.25. The van der Waals surface area contributed by atoms with E-state index in [9.17, 15) is 0 Å². The maximum absolute atomic E-state index is 2.34. The second-order valence-corrected chi connectivity index (χ2v) is 6.62. The molecule has 0 spiro atoms. The van der Waals surface area contributed by atoms with E-state index in [1.807, 2.05) is 13.8 Å². The summed E-state index contributed by atoms with van der Waals surface area (Å²) in [5.41, 5.74) is 0.500. The van der Waals surface area contributed by atoms with Gasteiger partial charge in [0.15, 0.2) is 0 Å². The Morgan fingerprint density at radius 1 is 0.529 bits per heavy atom. The molecule has 0 nitrogen and oxygen atoms in total. The summed E-state index contributed by atoms with van der Waals surface area (Å²) < 4.78 is 0. The molecule has 0 aliphatic carbocycles. The molecular formula is C17H40. The summed E-state index contributed by atoms with van der Waals surface area (Å²) in [7, 11) is 0. The van der Waals surface area contributed by atoms with E-state index < -0.39 is 0 Å². The summed E-state index contributed by atoms with van der Waals surface area (Å²) in [6.45, 7) is 26.8. The van der Waals surface area contributed by atoms with Gasteiger partial charge in [0.2, 0.25) is 0 Å². The molecule has 0 aromatic carbocycles. The standard InChI is InChI=1S/C9H20.C6H14.C2H6/c1-7(2)9(5,6)8(3)4;1-5(2)6(3)4;1-2/h7-8H,1-6H3;5-6H,1-4H3;1-2H3. The Labute approximate surface area is 113 Å². The van der Waals surface area contributed by atoms with Gasteiger partial charge in [0.1, 0.15) is 0 Å². The molecule has 0 heterocycles. The van der Waals surface area contributed by atoms with Crippen LogP contribution in [0, 0.1) is 29.1 Å². The van der Waals surface area contributed by atoms with Crippen LogP contribution in [-0.2, 0) is 0 Å². The first kappa shape index (κ1) is 22.2. The Kier molecular flexibility index (Phi) is 14.5. The minimum Gasteiger partial charge on any atom is -0.0683 e. The average Bonchev–Trinajstić information content (AvgIpc) is 2.21. The highest BCUT2D eigenvalue weighted by Crippen LogP contribution is 2.33. The zero-order valence-corrected chi connectivity index (χ0v) is 14.8. The molecule has 0 aliphatic rings. The molecule has 0 saturated carbocycles. The maximum atomic E-state index is 2.34. The molecule has 108 valence electrons. The SMILES string of the molecule is CC.CC(C)C(C)(C)C(C)C.CC(C)C(C)C. The van der Waals surface area contributed by atoms with Crippen LogP contribution in [0.15, 0.2) is 0 Å². The minimum atomic E-state index is 0.500. The topological polar surface area (TPSA) is 0 Å². The van der Waals surface area contributed by atoms with Crippen molar-refractivity contribution < 1.29 is 0 Å². The largest absolute Gasteiger partial charge is 0.0683 e. The summed E-state index contributed by atoms with van der Waals surface area (Å²) in [5.74, 6) is 3.28. The Morgan fingerprint density at radius 2 is 0.706 bits per heavy atom. The van der Waals surface area contributed by atoms with Gasteiger partial charge in [-0.05, 0) is 29.1 Å². The summed E-state index contributed by atoms with van der Waals surface area (Å²) in [4.78, 5) is 0. The van der Waals surface area contributed by atoms with Crippen molar-refractivity contribution in [3.05, 3.63) is 0 Å². The fourth-order valence-corrected chi connectivity index (χ4v) is 0.667. The van der Waals surface area contributed by atoms with E-state index in [1.165, 1.54) is 0 Å². The Hall–Kier alpha value is 0. The predicted molar refractivity (Wildman–Crippen MR) is 84.5 cm³/mol. The average molecular weight is 245 g/mol. The van der Waals surface area contributed by atoms with Gasteiger partial charge in [0.05, 0.1) is 0 Å². The lowest BCUT2D eigenvalue weighted by Gasteiger charge is -2.33. The van der Waals surface area contributed by atoms with Gasteiger partial charge < -0.3 is 0 Å². The van der Waals surface area contributed by atoms with Crippen molar-refractivity contribution in [1.82, 2.24) is 0 Å². The molecule has 0 unspecified atom stereocenters. The highest BCUT2D eigenvalue weighted by molar-refractivity contribution is 4.75. The molecule has 0 amide bonds. The van der Waals surface area contributed by atoms with Crippen molar-refractivity contribution in [2.24, 2.45) is 29.1 Å². The third-order valence-corrected chi connectivity index (χ3v) is 4.31. The first-order valence-corrected chi connectivity index (χ1v) is 7.53. The van der Waals surface area contributed by atoms with Gasteiger partial charge in [0, 0.05) is 0 Å². The first-order valence-electron chi connectivity index (χ1n) is 7.53. The second kappa shape index (κ2) is 11.1. The van der Waals surface area contributed by atoms with Gasteiger partial charge in [0.25, 0.3) is 0 Å². The number of hydrogen-bond acceptors (Lipinski definition) is 0. The molecule has 17 heavy (non-hydrogen) atoms. The lowest BCUT2D eigenvalue weighted by atomic mass is 9.72. The van der Waals surface area contributed by atoms with Gasteiger partial charge >= 0.3 is 0 Å². The number of hydrogen-bond donors (Lipinski definition) is 0. The zero-order chi connectivity index (χ0) is 14.8. The third-order valence-electron chi connectivity index (χ3n) is 4.31.